The lowest BCUT2D eigenvalue weighted by Gasteiger charge is -2.35. The van der Waals surface area contributed by atoms with Crippen LogP contribution in [0.4, 0.5) is 0 Å². The first-order valence-corrected chi connectivity index (χ1v) is 7.87. The zero-order valence-corrected chi connectivity index (χ0v) is 12.7. The topological polar surface area (TPSA) is 24.5 Å². The molecule has 0 radical (unpaired) electrons. The Kier molecular flexibility index (Phi) is 4.27. The van der Waals surface area contributed by atoms with Gasteiger partial charge in [-0.25, -0.2) is 0 Å². The summed E-state index contributed by atoms with van der Waals surface area (Å²) in [6, 6.07) is 7.32. The highest BCUT2D eigenvalue weighted by Crippen LogP contribution is 2.40. The molecule has 1 aromatic rings. The first-order valence-electron chi connectivity index (χ1n) is 7.87. The third kappa shape index (κ3) is 3.15. The molecule has 1 saturated carbocycles. The van der Waals surface area contributed by atoms with Gasteiger partial charge in [-0.15, -0.1) is 0 Å². The van der Waals surface area contributed by atoms with Gasteiger partial charge in [0.2, 0.25) is 0 Å². The quantitative estimate of drug-likeness (QED) is 0.893. The van der Waals surface area contributed by atoms with Gasteiger partial charge in [-0.3, -0.25) is 4.90 Å². The summed E-state index contributed by atoms with van der Waals surface area (Å²) in [6.45, 7) is 6.73. The van der Waals surface area contributed by atoms with Gasteiger partial charge in [0.05, 0.1) is 7.11 Å². The second-order valence-corrected chi connectivity index (χ2v) is 6.21. The number of benzene rings is 1. The van der Waals surface area contributed by atoms with E-state index in [1.807, 2.05) is 0 Å². The van der Waals surface area contributed by atoms with E-state index in [0.717, 1.165) is 24.8 Å². The average Bonchev–Trinajstić information content (AvgIpc) is 3.30. The Hall–Kier alpha value is -1.06. The van der Waals surface area contributed by atoms with E-state index in [9.17, 15) is 0 Å². The van der Waals surface area contributed by atoms with Gasteiger partial charge < -0.3 is 10.1 Å². The Bertz CT molecular complexity index is 450. The monoisotopic (exact) mass is 274 g/mol. The molecule has 0 aromatic heterocycles. The molecule has 0 unspecified atom stereocenters. The molecule has 0 bridgehead atoms. The van der Waals surface area contributed by atoms with Crippen molar-refractivity contribution in [1.82, 2.24) is 10.2 Å². The van der Waals surface area contributed by atoms with E-state index >= 15 is 0 Å². The lowest BCUT2D eigenvalue weighted by Crippen LogP contribution is -2.45. The number of hydrogen-bond acceptors (Lipinski definition) is 3. The third-order valence-electron chi connectivity index (χ3n) is 4.65. The fraction of sp³-hybridized carbons (Fsp3) is 0.647. The first kappa shape index (κ1) is 13.9. The summed E-state index contributed by atoms with van der Waals surface area (Å²) < 4.78 is 5.40. The maximum atomic E-state index is 5.40. The van der Waals surface area contributed by atoms with Crippen LogP contribution < -0.4 is 10.1 Å². The van der Waals surface area contributed by atoms with Gasteiger partial charge in [-0.1, -0.05) is 25.0 Å². The zero-order valence-electron chi connectivity index (χ0n) is 12.7. The van der Waals surface area contributed by atoms with Gasteiger partial charge in [-0.2, -0.15) is 0 Å². The largest absolute Gasteiger partial charge is 0.496 e. The van der Waals surface area contributed by atoms with Crippen LogP contribution in [0.15, 0.2) is 18.2 Å². The average molecular weight is 274 g/mol. The predicted octanol–water partition coefficient (Wildman–Crippen LogP) is 2.75. The van der Waals surface area contributed by atoms with Gasteiger partial charge in [0.1, 0.15) is 5.75 Å². The standard InChI is InChI=1S/C17H26N2O/c1-13-11-15(5-6-17(13)20-2)16(12-14-3-4-14)19-9-7-18-8-10-19/h5-6,11,14,16,18H,3-4,7-10,12H2,1-2H3/t16-/m0/s1. The van der Waals surface area contributed by atoms with Gasteiger partial charge >= 0.3 is 0 Å². The Labute approximate surface area is 122 Å². The maximum absolute atomic E-state index is 5.40. The van der Waals surface area contributed by atoms with Crippen LogP contribution >= 0.6 is 0 Å². The van der Waals surface area contributed by atoms with Gasteiger partial charge in [-0.05, 0) is 36.5 Å². The zero-order chi connectivity index (χ0) is 13.9. The van der Waals surface area contributed by atoms with Crippen molar-refractivity contribution in [2.24, 2.45) is 5.92 Å². The van der Waals surface area contributed by atoms with Crippen LogP contribution in [0.5, 0.6) is 5.75 Å². The van der Waals surface area contributed by atoms with Crippen LogP contribution in [-0.4, -0.2) is 38.2 Å². The molecule has 0 spiro atoms. The van der Waals surface area contributed by atoms with E-state index in [1.54, 1.807) is 7.11 Å². The van der Waals surface area contributed by atoms with E-state index in [-0.39, 0.29) is 0 Å². The van der Waals surface area contributed by atoms with Crippen molar-refractivity contribution >= 4 is 0 Å². The van der Waals surface area contributed by atoms with Crippen molar-refractivity contribution in [3.63, 3.8) is 0 Å². The Morgan fingerprint density at radius 1 is 1.30 bits per heavy atom. The van der Waals surface area contributed by atoms with Gasteiger partial charge in [0.15, 0.2) is 0 Å². The molecular formula is C17H26N2O. The Morgan fingerprint density at radius 2 is 2.05 bits per heavy atom. The van der Waals surface area contributed by atoms with E-state index in [1.165, 1.54) is 43.5 Å². The van der Waals surface area contributed by atoms with Crippen LogP contribution in [0, 0.1) is 12.8 Å². The van der Waals surface area contributed by atoms with Crippen LogP contribution in [0.1, 0.15) is 36.4 Å². The van der Waals surface area contributed by atoms with Crippen LogP contribution in [0.25, 0.3) is 0 Å². The van der Waals surface area contributed by atoms with E-state index in [2.05, 4.69) is 35.3 Å². The lowest BCUT2D eigenvalue weighted by molar-refractivity contribution is 0.160. The van der Waals surface area contributed by atoms with Gasteiger partial charge in [0, 0.05) is 32.2 Å². The van der Waals surface area contributed by atoms with E-state index in [4.69, 9.17) is 4.74 Å². The summed E-state index contributed by atoms with van der Waals surface area (Å²) in [7, 11) is 1.75. The molecule has 3 heteroatoms. The summed E-state index contributed by atoms with van der Waals surface area (Å²) >= 11 is 0. The fourth-order valence-electron chi connectivity index (χ4n) is 3.27. The smallest absolute Gasteiger partial charge is 0.121 e. The lowest BCUT2D eigenvalue weighted by atomic mass is 9.97. The molecule has 1 aliphatic heterocycles. The van der Waals surface area contributed by atoms with E-state index < -0.39 is 0 Å². The molecule has 3 rings (SSSR count). The van der Waals surface area contributed by atoms with Crippen LogP contribution in [-0.2, 0) is 0 Å². The molecule has 1 saturated heterocycles. The highest BCUT2D eigenvalue weighted by atomic mass is 16.5. The summed E-state index contributed by atoms with van der Waals surface area (Å²) in [5.41, 5.74) is 2.72. The van der Waals surface area contributed by atoms with Gasteiger partial charge in [0.25, 0.3) is 0 Å². The van der Waals surface area contributed by atoms with Crippen molar-refractivity contribution in [2.75, 3.05) is 33.3 Å². The van der Waals surface area contributed by atoms with Crippen molar-refractivity contribution in [3.8, 4) is 5.75 Å². The highest BCUT2D eigenvalue weighted by Gasteiger charge is 2.30. The minimum atomic E-state index is 0.592. The third-order valence-corrected chi connectivity index (χ3v) is 4.65. The Balaban J connectivity index is 1.81. The second kappa shape index (κ2) is 6.15. The van der Waals surface area contributed by atoms with Crippen LogP contribution in [0.2, 0.25) is 0 Å². The first-order chi connectivity index (χ1) is 9.78. The van der Waals surface area contributed by atoms with Crippen molar-refractivity contribution in [3.05, 3.63) is 29.3 Å². The van der Waals surface area contributed by atoms with E-state index in [0.29, 0.717) is 6.04 Å². The van der Waals surface area contributed by atoms with Crippen molar-refractivity contribution in [2.45, 2.75) is 32.2 Å². The number of ether oxygens (including phenoxy) is 1. The maximum Gasteiger partial charge on any atom is 0.121 e. The van der Waals surface area contributed by atoms with Crippen LogP contribution in [0.3, 0.4) is 0 Å². The SMILES string of the molecule is COc1ccc([C@H](CC2CC2)N2CCNCC2)cc1C. The number of piperazine rings is 1. The van der Waals surface area contributed by atoms with Crippen molar-refractivity contribution in [1.29, 1.82) is 0 Å². The molecule has 0 amide bonds. The number of aryl methyl sites for hydroxylation is 1. The predicted molar refractivity (Wildman–Crippen MR) is 82.3 cm³/mol. The molecule has 1 N–H and O–H groups in total. The summed E-state index contributed by atoms with van der Waals surface area (Å²) in [6.07, 6.45) is 4.18. The number of nitrogens with one attached hydrogen (secondary N) is 1. The minimum Gasteiger partial charge on any atom is -0.496 e. The summed E-state index contributed by atoms with van der Waals surface area (Å²) in [4.78, 5) is 2.66. The molecule has 2 aliphatic rings. The molecule has 110 valence electrons. The second-order valence-electron chi connectivity index (χ2n) is 6.21. The normalized spacial score (nSPS) is 21.7. The molecule has 1 aliphatic carbocycles. The molecule has 3 nitrogen and oxygen atoms in total. The molecule has 1 atom stereocenters. The molecule has 2 fully saturated rings. The number of hydrogen-bond donors (Lipinski definition) is 1. The van der Waals surface area contributed by atoms with Crippen molar-refractivity contribution < 1.29 is 4.74 Å². The summed E-state index contributed by atoms with van der Waals surface area (Å²) in [5, 5.41) is 3.46. The Morgan fingerprint density at radius 3 is 2.65 bits per heavy atom. The summed E-state index contributed by atoms with van der Waals surface area (Å²) in [5.74, 6) is 1.96. The highest BCUT2D eigenvalue weighted by molar-refractivity contribution is 5.37. The molecular weight excluding hydrogens is 248 g/mol. The number of rotatable bonds is 5. The fourth-order valence-corrected chi connectivity index (χ4v) is 3.27. The molecule has 20 heavy (non-hydrogen) atoms. The number of methoxy groups -OCH3 is 1. The number of nitrogens with zero attached hydrogens (tertiary/aromatic N) is 1. The minimum absolute atomic E-state index is 0.592. The molecule has 1 aromatic carbocycles. The molecule has 1 heterocycles.